The molecule has 1 N–H and O–H groups in total. The molecular formula is C19H28F3NO6. The van der Waals surface area contributed by atoms with Gasteiger partial charge in [0, 0.05) is 25.3 Å². The smallest absolute Gasteiger partial charge is 0.490 e. The van der Waals surface area contributed by atoms with E-state index in [1.165, 1.54) is 12.8 Å². The number of hydrogen-bond donors (Lipinski definition) is 1. The minimum atomic E-state index is -5.08. The zero-order valence-corrected chi connectivity index (χ0v) is 17.0. The van der Waals surface area contributed by atoms with Crippen LogP contribution >= 0.6 is 0 Å². The fourth-order valence-electron chi connectivity index (χ4n) is 2.94. The predicted molar refractivity (Wildman–Crippen MR) is 99.7 cm³/mol. The van der Waals surface area contributed by atoms with Crippen molar-refractivity contribution in [3.63, 3.8) is 0 Å². The SMILES string of the molecule is COc1ccc(CN(C)CC2CCCCO2)c(OC)c1OC.O=C(O)C(F)(F)F. The minimum Gasteiger partial charge on any atom is -0.493 e. The van der Waals surface area contributed by atoms with Gasteiger partial charge in [0.25, 0.3) is 0 Å². The molecule has 2 rings (SSSR count). The number of carbonyl (C=O) groups is 1. The first-order valence-electron chi connectivity index (χ1n) is 9.02. The van der Waals surface area contributed by atoms with Crippen LogP contribution in [0.4, 0.5) is 13.2 Å². The molecule has 1 aliphatic heterocycles. The van der Waals surface area contributed by atoms with E-state index in [0.717, 1.165) is 37.4 Å². The van der Waals surface area contributed by atoms with Crippen LogP contribution in [0.3, 0.4) is 0 Å². The van der Waals surface area contributed by atoms with E-state index in [1.54, 1.807) is 21.3 Å². The standard InChI is InChI=1S/C17H27NO4.C2HF3O2/c1-18(12-14-7-5-6-10-22-14)11-13-8-9-15(19-2)17(21-4)16(13)20-3;3-2(4,5)1(6)7/h8-9,14H,5-7,10-12H2,1-4H3;(H,6,7). The van der Waals surface area contributed by atoms with Gasteiger partial charge in [-0.2, -0.15) is 13.2 Å². The molecule has 10 heteroatoms. The fraction of sp³-hybridized carbons (Fsp3) is 0.632. The van der Waals surface area contributed by atoms with Crippen molar-refractivity contribution in [1.82, 2.24) is 4.90 Å². The van der Waals surface area contributed by atoms with Crippen LogP contribution in [0, 0.1) is 0 Å². The summed E-state index contributed by atoms with van der Waals surface area (Å²) < 4.78 is 53.8. The summed E-state index contributed by atoms with van der Waals surface area (Å²) in [6.07, 6.45) is -1.15. The van der Waals surface area contributed by atoms with Crippen molar-refractivity contribution in [2.24, 2.45) is 0 Å². The van der Waals surface area contributed by atoms with Crippen molar-refractivity contribution < 1.29 is 42.0 Å². The fourth-order valence-corrected chi connectivity index (χ4v) is 2.94. The molecule has 1 atom stereocenters. The van der Waals surface area contributed by atoms with Crippen LogP contribution in [0.1, 0.15) is 24.8 Å². The number of nitrogens with zero attached hydrogens (tertiary/aromatic N) is 1. The normalized spacial score (nSPS) is 16.6. The third-order valence-electron chi connectivity index (χ3n) is 4.26. The first-order chi connectivity index (χ1) is 13.6. The van der Waals surface area contributed by atoms with Crippen LogP contribution in [0.15, 0.2) is 12.1 Å². The summed E-state index contributed by atoms with van der Waals surface area (Å²) in [5.41, 5.74) is 1.08. The summed E-state index contributed by atoms with van der Waals surface area (Å²) in [6.45, 7) is 2.60. The van der Waals surface area contributed by atoms with Gasteiger partial charge >= 0.3 is 12.1 Å². The molecule has 166 valence electrons. The summed E-state index contributed by atoms with van der Waals surface area (Å²) in [5.74, 6) is -0.697. The van der Waals surface area contributed by atoms with Crippen LogP contribution in [-0.2, 0) is 16.1 Å². The number of benzene rings is 1. The highest BCUT2D eigenvalue weighted by Crippen LogP contribution is 2.40. The number of alkyl halides is 3. The van der Waals surface area contributed by atoms with Gasteiger partial charge in [-0.15, -0.1) is 0 Å². The Labute approximate surface area is 168 Å². The van der Waals surface area contributed by atoms with Crippen molar-refractivity contribution in [1.29, 1.82) is 0 Å². The Morgan fingerprint density at radius 3 is 2.24 bits per heavy atom. The lowest BCUT2D eigenvalue weighted by Crippen LogP contribution is -2.33. The molecule has 1 aromatic rings. The zero-order valence-electron chi connectivity index (χ0n) is 17.0. The Balaban J connectivity index is 0.000000516. The van der Waals surface area contributed by atoms with Gasteiger partial charge in [0.05, 0.1) is 27.4 Å². The quantitative estimate of drug-likeness (QED) is 0.721. The van der Waals surface area contributed by atoms with Gasteiger partial charge in [0.1, 0.15) is 0 Å². The first-order valence-corrected chi connectivity index (χ1v) is 9.02. The number of carboxylic acids is 1. The molecule has 0 aromatic heterocycles. The molecule has 0 radical (unpaired) electrons. The Hall–Kier alpha value is -2.20. The molecule has 0 spiro atoms. The first kappa shape index (κ1) is 24.8. The number of hydrogen-bond acceptors (Lipinski definition) is 6. The maximum Gasteiger partial charge on any atom is 0.490 e. The van der Waals surface area contributed by atoms with Gasteiger partial charge < -0.3 is 24.1 Å². The average molecular weight is 423 g/mol. The van der Waals surface area contributed by atoms with Crippen molar-refractivity contribution in [2.75, 3.05) is 41.5 Å². The number of halogens is 3. The molecule has 1 aromatic carbocycles. The third kappa shape index (κ3) is 7.98. The van der Waals surface area contributed by atoms with Crippen molar-refractivity contribution in [2.45, 2.75) is 38.1 Å². The highest BCUT2D eigenvalue weighted by molar-refractivity contribution is 5.73. The molecule has 1 fully saturated rings. The zero-order chi connectivity index (χ0) is 22.0. The van der Waals surface area contributed by atoms with Crippen LogP contribution in [0.25, 0.3) is 0 Å². The van der Waals surface area contributed by atoms with E-state index < -0.39 is 12.1 Å². The Bertz CT molecular complexity index is 648. The Morgan fingerprint density at radius 2 is 1.79 bits per heavy atom. The number of rotatable bonds is 7. The molecular weight excluding hydrogens is 395 g/mol. The molecule has 1 saturated heterocycles. The number of likely N-dealkylation sites (N-methyl/N-ethyl adjacent to an activating group) is 1. The van der Waals surface area contributed by atoms with E-state index in [-0.39, 0.29) is 0 Å². The number of aliphatic carboxylic acids is 1. The molecule has 0 bridgehead atoms. The monoisotopic (exact) mass is 423 g/mol. The average Bonchev–Trinajstić information content (AvgIpc) is 2.67. The van der Waals surface area contributed by atoms with E-state index in [1.807, 2.05) is 12.1 Å². The van der Waals surface area contributed by atoms with Crippen molar-refractivity contribution in [3.8, 4) is 17.2 Å². The van der Waals surface area contributed by atoms with E-state index in [0.29, 0.717) is 17.6 Å². The summed E-state index contributed by atoms with van der Waals surface area (Å²) in [7, 11) is 7.02. The highest BCUT2D eigenvalue weighted by atomic mass is 19.4. The largest absolute Gasteiger partial charge is 0.493 e. The predicted octanol–water partition coefficient (Wildman–Crippen LogP) is 3.35. The van der Waals surface area contributed by atoms with Crippen LogP contribution in [0.2, 0.25) is 0 Å². The summed E-state index contributed by atoms with van der Waals surface area (Å²) in [6, 6.07) is 3.94. The second-order valence-corrected chi connectivity index (χ2v) is 6.48. The van der Waals surface area contributed by atoms with Crippen molar-refractivity contribution >= 4 is 5.97 Å². The Kier molecular flexibility index (Phi) is 10.0. The molecule has 1 aliphatic rings. The summed E-state index contributed by atoms with van der Waals surface area (Å²) in [5, 5.41) is 7.12. The van der Waals surface area contributed by atoms with Gasteiger partial charge in [-0.25, -0.2) is 4.79 Å². The lowest BCUT2D eigenvalue weighted by atomic mass is 10.1. The Morgan fingerprint density at radius 1 is 1.17 bits per heavy atom. The molecule has 0 amide bonds. The maximum atomic E-state index is 10.6. The van der Waals surface area contributed by atoms with Gasteiger partial charge in [-0.05, 0) is 32.4 Å². The minimum absolute atomic E-state index is 0.338. The molecule has 0 aliphatic carbocycles. The number of ether oxygens (including phenoxy) is 4. The van der Waals surface area contributed by atoms with Gasteiger partial charge in [0.15, 0.2) is 11.5 Å². The molecule has 1 heterocycles. The highest BCUT2D eigenvalue weighted by Gasteiger charge is 2.38. The molecule has 7 nitrogen and oxygen atoms in total. The number of carboxylic acid groups (broad SMARTS) is 1. The van der Waals surface area contributed by atoms with Crippen LogP contribution in [-0.4, -0.2) is 69.8 Å². The second-order valence-electron chi connectivity index (χ2n) is 6.48. The molecule has 29 heavy (non-hydrogen) atoms. The van der Waals surface area contributed by atoms with Gasteiger partial charge in [0.2, 0.25) is 5.75 Å². The van der Waals surface area contributed by atoms with Crippen LogP contribution < -0.4 is 14.2 Å². The topological polar surface area (TPSA) is 77.5 Å². The lowest BCUT2D eigenvalue weighted by molar-refractivity contribution is -0.192. The summed E-state index contributed by atoms with van der Waals surface area (Å²) in [4.78, 5) is 11.2. The molecule has 1 unspecified atom stereocenters. The third-order valence-corrected chi connectivity index (χ3v) is 4.26. The van der Waals surface area contributed by atoms with Gasteiger partial charge in [-0.1, -0.05) is 6.07 Å². The van der Waals surface area contributed by atoms with E-state index in [4.69, 9.17) is 28.8 Å². The van der Waals surface area contributed by atoms with E-state index >= 15 is 0 Å². The van der Waals surface area contributed by atoms with Crippen LogP contribution in [0.5, 0.6) is 17.2 Å². The van der Waals surface area contributed by atoms with E-state index in [2.05, 4.69) is 11.9 Å². The number of methoxy groups -OCH3 is 3. The van der Waals surface area contributed by atoms with Crippen molar-refractivity contribution in [3.05, 3.63) is 17.7 Å². The van der Waals surface area contributed by atoms with E-state index in [9.17, 15) is 13.2 Å². The second kappa shape index (κ2) is 11.7. The summed E-state index contributed by atoms with van der Waals surface area (Å²) >= 11 is 0. The maximum absolute atomic E-state index is 10.6. The molecule has 0 saturated carbocycles. The lowest BCUT2D eigenvalue weighted by Gasteiger charge is -2.28. The van der Waals surface area contributed by atoms with Gasteiger partial charge in [-0.3, -0.25) is 4.90 Å².